The van der Waals surface area contributed by atoms with Crippen molar-refractivity contribution in [2.45, 2.75) is 50.5 Å². The molecule has 4 fully saturated rings. The van der Waals surface area contributed by atoms with E-state index in [1.165, 1.54) is 6.42 Å². The number of amides is 1. The van der Waals surface area contributed by atoms with Crippen LogP contribution in [0.5, 0.6) is 0 Å². The fourth-order valence-corrected chi connectivity index (χ4v) is 5.16. The topological polar surface area (TPSA) is 49.3 Å². The van der Waals surface area contributed by atoms with Gasteiger partial charge in [-0.3, -0.25) is 4.79 Å². The Morgan fingerprint density at radius 2 is 2.00 bits per heavy atom. The van der Waals surface area contributed by atoms with E-state index in [-0.39, 0.29) is 11.3 Å². The van der Waals surface area contributed by atoms with Gasteiger partial charge in [-0.05, 0) is 55.8 Å². The lowest BCUT2D eigenvalue weighted by Crippen LogP contribution is -2.56. The van der Waals surface area contributed by atoms with Gasteiger partial charge < -0.3 is 10.4 Å². The third-order valence-corrected chi connectivity index (χ3v) is 5.07. The summed E-state index contributed by atoms with van der Waals surface area (Å²) >= 11 is 0. The second kappa shape index (κ2) is 3.99. The Bertz CT molecular complexity index is 395. The molecule has 0 spiro atoms. The average molecular weight is 247 g/mol. The maximum absolute atomic E-state index is 11.9. The third kappa shape index (κ3) is 2.03. The second-order valence-electron chi connectivity index (χ2n) is 6.84. The summed E-state index contributed by atoms with van der Waals surface area (Å²) in [6.07, 6.45) is 11.9. The van der Waals surface area contributed by atoms with E-state index in [2.05, 4.69) is 11.2 Å². The van der Waals surface area contributed by atoms with Crippen molar-refractivity contribution in [1.29, 1.82) is 0 Å². The molecule has 0 radical (unpaired) electrons. The molecule has 4 aliphatic carbocycles. The molecule has 4 saturated carbocycles. The number of hydrogen-bond donors (Lipinski definition) is 2. The van der Waals surface area contributed by atoms with Gasteiger partial charge in [-0.2, -0.15) is 0 Å². The standard InChI is InChI=1S/C15H21NO2/c1-2-3-16-13(17)9-14-5-11-4-12(6-14)8-15(18,7-11)10-14/h1,11-12,18H,3-10H2,(H,16,17). The fourth-order valence-electron chi connectivity index (χ4n) is 5.16. The van der Waals surface area contributed by atoms with Crippen LogP contribution in [0.15, 0.2) is 0 Å². The molecular formula is C15H21NO2. The van der Waals surface area contributed by atoms with Crippen molar-refractivity contribution in [3.8, 4) is 12.3 Å². The Kier molecular flexibility index (Phi) is 2.67. The Hall–Kier alpha value is -1.01. The molecule has 4 aliphatic rings. The van der Waals surface area contributed by atoms with E-state index in [0.29, 0.717) is 24.8 Å². The first-order valence-electron chi connectivity index (χ1n) is 6.95. The zero-order valence-electron chi connectivity index (χ0n) is 10.7. The van der Waals surface area contributed by atoms with Gasteiger partial charge in [0.1, 0.15) is 0 Å². The molecule has 2 atom stereocenters. The molecule has 0 heterocycles. The van der Waals surface area contributed by atoms with Gasteiger partial charge >= 0.3 is 0 Å². The van der Waals surface area contributed by atoms with Gasteiger partial charge in [0.05, 0.1) is 12.1 Å². The van der Waals surface area contributed by atoms with Gasteiger partial charge in [-0.15, -0.1) is 6.42 Å². The van der Waals surface area contributed by atoms with E-state index in [9.17, 15) is 9.90 Å². The first-order chi connectivity index (χ1) is 8.53. The van der Waals surface area contributed by atoms with Crippen LogP contribution in [-0.4, -0.2) is 23.2 Å². The lowest BCUT2D eigenvalue weighted by molar-refractivity contribution is -0.169. The second-order valence-corrected chi connectivity index (χ2v) is 6.84. The molecule has 98 valence electrons. The number of rotatable bonds is 3. The average Bonchev–Trinajstić information content (AvgIpc) is 2.21. The number of carbonyl (C=O) groups is 1. The first kappa shape index (κ1) is 12.0. The van der Waals surface area contributed by atoms with Gasteiger partial charge in [0, 0.05) is 6.42 Å². The van der Waals surface area contributed by atoms with Crippen LogP contribution in [0.4, 0.5) is 0 Å². The highest BCUT2D eigenvalue weighted by Crippen LogP contribution is 2.62. The molecule has 0 aromatic carbocycles. The normalized spacial score (nSPS) is 44.7. The summed E-state index contributed by atoms with van der Waals surface area (Å²) in [7, 11) is 0. The van der Waals surface area contributed by atoms with Crippen LogP contribution in [-0.2, 0) is 4.79 Å². The van der Waals surface area contributed by atoms with Crippen LogP contribution in [0.25, 0.3) is 0 Å². The number of nitrogens with one attached hydrogen (secondary N) is 1. The number of hydrogen-bond acceptors (Lipinski definition) is 2. The van der Waals surface area contributed by atoms with Crippen molar-refractivity contribution < 1.29 is 9.90 Å². The highest BCUT2D eigenvalue weighted by atomic mass is 16.3. The van der Waals surface area contributed by atoms with Crippen LogP contribution >= 0.6 is 0 Å². The third-order valence-electron chi connectivity index (χ3n) is 5.07. The van der Waals surface area contributed by atoms with Gasteiger partial charge in [0.2, 0.25) is 5.91 Å². The molecule has 0 aliphatic heterocycles. The molecule has 4 rings (SSSR count). The highest BCUT2D eigenvalue weighted by molar-refractivity contribution is 5.77. The molecule has 1 amide bonds. The number of aliphatic hydroxyl groups is 1. The Balaban J connectivity index is 1.71. The van der Waals surface area contributed by atoms with E-state index in [4.69, 9.17) is 6.42 Å². The molecule has 0 saturated heterocycles. The monoisotopic (exact) mass is 247 g/mol. The first-order valence-corrected chi connectivity index (χ1v) is 6.95. The summed E-state index contributed by atoms with van der Waals surface area (Å²) in [5.74, 6) is 3.76. The predicted molar refractivity (Wildman–Crippen MR) is 68.5 cm³/mol. The van der Waals surface area contributed by atoms with E-state index < -0.39 is 5.60 Å². The van der Waals surface area contributed by atoms with Crippen molar-refractivity contribution in [1.82, 2.24) is 5.32 Å². The minimum Gasteiger partial charge on any atom is -0.390 e. The molecule has 2 N–H and O–H groups in total. The van der Waals surface area contributed by atoms with Gasteiger partial charge in [-0.25, -0.2) is 0 Å². The summed E-state index contributed by atoms with van der Waals surface area (Å²) in [4.78, 5) is 11.9. The Labute approximate surface area is 108 Å². The number of carbonyl (C=O) groups excluding carboxylic acids is 1. The maximum Gasteiger partial charge on any atom is 0.221 e. The van der Waals surface area contributed by atoms with E-state index in [1.54, 1.807) is 0 Å². The van der Waals surface area contributed by atoms with Crippen molar-refractivity contribution in [3.05, 3.63) is 0 Å². The summed E-state index contributed by atoms with van der Waals surface area (Å²) in [5, 5.41) is 13.4. The van der Waals surface area contributed by atoms with Crippen LogP contribution in [0.1, 0.15) is 44.9 Å². The van der Waals surface area contributed by atoms with Crippen LogP contribution in [0.2, 0.25) is 0 Å². The van der Waals surface area contributed by atoms with Crippen LogP contribution < -0.4 is 5.32 Å². The van der Waals surface area contributed by atoms with Crippen molar-refractivity contribution in [2.75, 3.05) is 6.54 Å². The SMILES string of the molecule is C#CCNC(=O)CC12CC3CC(CC(O)(C3)C1)C2. The summed E-state index contributed by atoms with van der Waals surface area (Å²) < 4.78 is 0. The molecule has 18 heavy (non-hydrogen) atoms. The Morgan fingerprint density at radius 3 is 2.56 bits per heavy atom. The summed E-state index contributed by atoms with van der Waals surface area (Å²) in [6.45, 7) is 0.312. The van der Waals surface area contributed by atoms with E-state index >= 15 is 0 Å². The van der Waals surface area contributed by atoms with E-state index in [0.717, 1.165) is 32.1 Å². The Morgan fingerprint density at radius 1 is 1.33 bits per heavy atom. The molecule has 0 aromatic heterocycles. The molecular weight excluding hydrogens is 226 g/mol. The molecule has 4 bridgehead atoms. The maximum atomic E-state index is 11.9. The largest absolute Gasteiger partial charge is 0.390 e. The molecule has 3 nitrogen and oxygen atoms in total. The van der Waals surface area contributed by atoms with Gasteiger partial charge in [0.25, 0.3) is 0 Å². The zero-order chi connectivity index (χ0) is 12.8. The molecule has 3 heteroatoms. The zero-order valence-corrected chi connectivity index (χ0v) is 10.7. The van der Waals surface area contributed by atoms with Crippen molar-refractivity contribution in [3.63, 3.8) is 0 Å². The highest BCUT2D eigenvalue weighted by Gasteiger charge is 2.57. The molecule has 0 aromatic rings. The lowest BCUT2D eigenvalue weighted by Gasteiger charge is -2.60. The smallest absolute Gasteiger partial charge is 0.221 e. The van der Waals surface area contributed by atoms with Crippen molar-refractivity contribution in [2.24, 2.45) is 17.3 Å². The summed E-state index contributed by atoms with van der Waals surface area (Å²) in [5.41, 5.74) is -0.423. The summed E-state index contributed by atoms with van der Waals surface area (Å²) in [6, 6.07) is 0. The quantitative estimate of drug-likeness (QED) is 0.742. The fraction of sp³-hybridized carbons (Fsp3) is 0.800. The van der Waals surface area contributed by atoms with Gasteiger partial charge in [0.15, 0.2) is 0 Å². The van der Waals surface area contributed by atoms with Crippen LogP contribution in [0, 0.1) is 29.6 Å². The lowest BCUT2D eigenvalue weighted by atomic mass is 9.47. The minimum absolute atomic E-state index is 0.0531. The van der Waals surface area contributed by atoms with Crippen LogP contribution in [0.3, 0.4) is 0 Å². The molecule has 2 unspecified atom stereocenters. The number of terminal acetylenes is 1. The minimum atomic E-state index is -0.476. The van der Waals surface area contributed by atoms with Gasteiger partial charge in [-0.1, -0.05) is 5.92 Å². The van der Waals surface area contributed by atoms with E-state index in [1.807, 2.05) is 0 Å². The van der Waals surface area contributed by atoms with Crippen molar-refractivity contribution >= 4 is 5.91 Å². The predicted octanol–water partition coefficient (Wildman–Crippen LogP) is 1.46.